The van der Waals surface area contributed by atoms with E-state index < -0.39 is 11.2 Å². The third-order valence-electron chi connectivity index (χ3n) is 5.33. The van der Waals surface area contributed by atoms with Gasteiger partial charge < -0.3 is 14.6 Å². The number of carbonyl (C=O) groups excluding carboxylic acids is 1. The van der Waals surface area contributed by atoms with Gasteiger partial charge in [0.1, 0.15) is 22.7 Å². The zero-order valence-corrected chi connectivity index (χ0v) is 18.5. The van der Waals surface area contributed by atoms with Crippen molar-refractivity contribution in [3.8, 4) is 16.9 Å². The predicted molar refractivity (Wildman–Crippen MR) is 117 cm³/mol. The second-order valence-corrected chi connectivity index (χ2v) is 8.66. The molecular formula is C24H27ClO4. The summed E-state index contributed by atoms with van der Waals surface area (Å²) < 4.78 is 11.1. The second-order valence-electron chi connectivity index (χ2n) is 8.25. The van der Waals surface area contributed by atoms with Crippen molar-refractivity contribution >= 4 is 23.0 Å². The molecule has 5 heteroatoms. The summed E-state index contributed by atoms with van der Waals surface area (Å²) in [5.41, 5.74) is 2.02. The van der Waals surface area contributed by atoms with Crippen LogP contribution < -0.4 is 4.74 Å². The quantitative estimate of drug-likeness (QED) is 0.666. The minimum atomic E-state index is -1.02. The SMILES string of the molecule is CCc1cc(-c2ccc(OC)c(Cl)c2)ccc1C1=C(O)C(C)(C)OC(C)(C)C1=O. The van der Waals surface area contributed by atoms with E-state index >= 15 is 0 Å². The maximum Gasteiger partial charge on any atom is 0.198 e. The number of halogens is 1. The van der Waals surface area contributed by atoms with Crippen LogP contribution in [0.25, 0.3) is 16.7 Å². The molecule has 3 rings (SSSR count). The molecule has 1 N–H and O–H groups in total. The van der Waals surface area contributed by atoms with E-state index in [9.17, 15) is 9.90 Å². The van der Waals surface area contributed by atoms with Gasteiger partial charge >= 0.3 is 0 Å². The topological polar surface area (TPSA) is 55.8 Å². The molecule has 0 atom stereocenters. The molecular weight excluding hydrogens is 388 g/mol. The summed E-state index contributed by atoms with van der Waals surface area (Å²) in [5.74, 6) is 0.371. The van der Waals surface area contributed by atoms with E-state index in [2.05, 4.69) is 0 Å². The van der Waals surface area contributed by atoms with Crippen LogP contribution in [0.1, 0.15) is 45.7 Å². The number of aliphatic hydroxyl groups excluding tert-OH is 1. The number of hydrogen-bond donors (Lipinski definition) is 1. The Kier molecular flexibility index (Phi) is 5.54. The largest absolute Gasteiger partial charge is 0.508 e. The van der Waals surface area contributed by atoms with Crippen molar-refractivity contribution in [1.82, 2.24) is 0 Å². The fraction of sp³-hybridized carbons (Fsp3) is 0.375. The number of methoxy groups -OCH3 is 1. The number of hydrogen-bond acceptors (Lipinski definition) is 4. The Balaban J connectivity index is 2.15. The Bertz CT molecular complexity index is 1000. The molecule has 0 amide bonds. The number of ketones is 1. The van der Waals surface area contributed by atoms with Crippen LogP contribution in [0.2, 0.25) is 5.02 Å². The van der Waals surface area contributed by atoms with Gasteiger partial charge in [0.25, 0.3) is 0 Å². The molecule has 1 aliphatic rings. The van der Waals surface area contributed by atoms with Crippen molar-refractivity contribution in [3.05, 3.63) is 58.3 Å². The first-order valence-corrected chi connectivity index (χ1v) is 10.1. The smallest absolute Gasteiger partial charge is 0.198 e. The van der Waals surface area contributed by atoms with Crippen molar-refractivity contribution < 1.29 is 19.4 Å². The van der Waals surface area contributed by atoms with Crippen LogP contribution in [0.4, 0.5) is 0 Å². The van der Waals surface area contributed by atoms with Gasteiger partial charge in [-0.25, -0.2) is 0 Å². The minimum absolute atomic E-state index is 0.0308. The first-order chi connectivity index (χ1) is 13.5. The van der Waals surface area contributed by atoms with Crippen molar-refractivity contribution in [2.45, 2.75) is 52.2 Å². The van der Waals surface area contributed by atoms with Gasteiger partial charge in [-0.1, -0.05) is 42.8 Å². The van der Waals surface area contributed by atoms with Gasteiger partial charge in [-0.05, 0) is 68.5 Å². The lowest BCUT2D eigenvalue weighted by atomic mass is 9.81. The van der Waals surface area contributed by atoms with Gasteiger partial charge in [0.05, 0.1) is 17.7 Å². The van der Waals surface area contributed by atoms with E-state index in [1.54, 1.807) is 34.8 Å². The Morgan fingerprint density at radius 1 is 1.03 bits per heavy atom. The van der Waals surface area contributed by atoms with Gasteiger partial charge in [0, 0.05) is 0 Å². The highest BCUT2D eigenvalue weighted by molar-refractivity contribution is 6.32. The van der Waals surface area contributed by atoms with Crippen LogP contribution >= 0.6 is 11.6 Å². The Hall–Kier alpha value is -2.30. The highest BCUT2D eigenvalue weighted by atomic mass is 35.5. The number of ether oxygens (including phenoxy) is 2. The predicted octanol–water partition coefficient (Wildman–Crippen LogP) is 6.00. The van der Waals surface area contributed by atoms with Gasteiger partial charge in [0.15, 0.2) is 5.78 Å². The highest BCUT2D eigenvalue weighted by Gasteiger charge is 2.47. The summed E-state index contributed by atoms with van der Waals surface area (Å²) in [5, 5.41) is 11.4. The van der Waals surface area contributed by atoms with E-state index in [0.29, 0.717) is 22.8 Å². The Labute approximate surface area is 177 Å². The number of carbonyl (C=O) groups is 1. The number of aryl methyl sites for hydroxylation is 1. The first-order valence-electron chi connectivity index (χ1n) is 9.67. The Morgan fingerprint density at radius 2 is 1.66 bits per heavy atom. The second kappa shape index (κ2) is 7.51. The summed E-state index contributed by atoms with van der Waals surface area (Å²) in [6.45, 7) is 9.05. The Morgan fingerprint density at radius 3 is 2.24 bits per heavy atom. The molecule has 1 heterocycles. The number of Topliss-reactive ketones (excluding diaryl/α,β-unsaturated/α-hetero) is 1. The molecule has 1 aliphatic heterocycles. The highest BCUT2D eigenvalue weighted by Crippen LogP contribution is 2.41. The van der Waals surface area contributed by atoms with Crippen LogP contribution in [0, 0.1) is 0 Å². The average molecular weight is 415 g/mol. The molecule has 0 bridgehead atoms. The molecule has 0 spiro atoms. The molecule has 0 saturated carbocycles. The average Bonchev–Trinajstić information content (AvgIpc) is 2.66. The van der Waals surface area contributed by atoms with Crippen LogP contribution in [-0.4, -0.2) is 29.2 Å². The van der Waals surface area contributed by atoms with Crippen molar-refractivity contribution in [2.75, 3.05) is 7.11 Å². The summed E-state index contributed by atoms with van der Waals surface area (Å²) in [6.07, 6.45) is 0.707. The van der Waals surface area contributed by atoms with E-state index in [1.807, 2.05) is 43.3 Å². The minimum Gasteiger partial charge on any atom is -0.508 e. The summed E-state index contributed by atoms with van der Waals surface area (Å²) in [7, 11) is 1.58. The van der Waals surface area contributed by atoms with E-state index in [0.717, 1.165) is 22.3 Å². The fourth-order valence-corrected chi connectivity index (χ4v) is 4.11. The van der Waals surface area contributed by atoms with Crippen LogP contribution in [0.15, 0.2) is 42.2 Å². The zero-order valence-electron chi connectivity index (χ0n) is 17.7. The molecule has 4 nitrogen and oxygen atoms in total. The number of benzene rings is 2. The lowest BCUT2D eigenvalue weighted by molar-refractivity contribution is -0.158. The van der Waals surface area contributed by atoms with E-state index in [4.69, 9.17) is 21.1 Å². The standard InChI is InChI=1S/C24H27ClO4/c1-7-14-12-15(16-9-11-19(28-6)18(25)13-16)8-10-17(14)20-21(26)23(2,3)29-24(4,5)22(20)27/h8-13,26H,7H2,1-6H3. The van der Waals surface area contributed by atoms with Crippen molar-refractivity contribution in [2.24, 2.45) is 0 Å². The normalized spacial score (nSPS) is 18.1. The summed E-state index contributed by atoms with van der Waals surface area (Å²) in [4.78, 5) is 13.1. The van der Waals surface area contributed by atoms with Crippen molar-refractivity contribution in [1.29, 1.82) is 0 Å². The number of aliphatic hydroxyl groups is 1. The molecule has 2 aromatic rings. The fourth-order valence-electron chi connectivity index (χ4n) is 3.85. The molecule has 0 aromatic heterocycles. The molecule has 29 heavy (non-hydrogen) atoms. The van der Waals surface area contributed by atoms with Crippen molar-refractivity contribution in [3.63, 3.8) is 0 Å². The lowest BCUT2D eigenvalue weighted by Gasteiger charge is -2.40. The van der Waals surface area contributed by atoms with Crippen LogP contribution in [0.3, 0.4) is 0 Å². The molecule has 0 radical (unpaired) electrons. The molecule has 2 aromatic carbocycles. The first kappa shape index (κ1) is 21.4. The maximum absolute atomic E-state index is 13.1. The summed E-state index contributed by atoms with van der Waals surface area (Å²) in [6, 6.07) is 11.5. The van der Waals surface area contributed by atoms with E-state index in [-0.39, 0.29) is 11.5 Å². The van der Waals surface area contributed by atoms with E-state index in [1.165, 1.54) is 0 Å². The number of rotatable bonds is 4. The van der Waals surface area contributed by atoms with Crippen LogP contribution in [0.5, 0.6) is 5.75 Å². The van der Waals surface area contributed by atoms with Gasteiger partial charge in [-0.15, -0.1) is 0 Å². The molecule has 0 fully saturated rings. The maximum atomic E-state index is 13.1. The van der Waals surface area contributed by atoms with Gasteiger partial charge in [0.2, 0.25) is 0 Å². The lowest BCUT2D eigenvalue weighted by Crippen LogP contribution is -2.49. The van der Waals surface area contributed by atoms with Crippen LogP contribution in [-0.2, 0) is 16.0 Å². The molecule has 0 saturated heterocycles. The van der Waals surface area contributed by atoms with Gasteiger partial charge in [-0.2, -0.15) is 0 Å². The van der Waals surface area contributed by atoms with Gasteiger partial charge in [-0.3, -0.25) is 4.79 Å². The molecule has 154 valence electrons. The summed E-state index contributed by atoms with van der Waals surface area (Å²) >= 11 is 6.28. The zero-order chi connectivity index (χ0) is 21.6. The molecule has 0 unspecified atom stereocenters. The molecule has 0 aliphatic carbocycles. The third-order valence-corrected chi connectivity index (χ3v) is 5.63. The monoisotopic (exact) mass is 414 g/mol. The third kappa shape index (κ3) is 3.79.